The van der Waals surface area contributed by atoms with Crippen molar-refractivity contribution < 1.29 is 9.50 Å². The summed E-state index contributed by atoms with van der Waals surface area (Å²) in [6, 6.07) is 2.16. The summed E-state index contributed by atoms with van der Waals surface area (Å²) >= 11 is 0. The summed E-state index contributed by atoms with van der Waals surface area (Å²) in [5, 5.41) is 29.2. The zero-order valence-corrected chi connectivity index (χ0v) is 18.7. The number of H-pyrrole nitrogens is 1. The lowest BCUT2D eigenvalue weighted by atomic mass is 9.84. The molecule has 2 aromatic rings. The molecule has 1 aromatic carbocycles. The fourth-order valence-corrected chi connectivity index (χ4v) is 3.65. The van der Waals surface area contributed by atoms with E-state index in [-0.39, 0.29) is 16.8 Å². The number of aliphatic hydroxyl groups is 1. The first-order chi connectivity index (χ1) is 14.6. The highest BCUT2D eigenvalue weighted by atomic mass is 19.1. The Morgan fingerprint density at radius 2 is 1.97 bits per heavy atom. The van der Waals surface area contributed by atoms with Crippen molar-refractivity contribution in [1.82, 2.24) is 9.97 Å². The van der Waals surface area contributed by atoms with E-state index in [4.69, 9.17) is 5.41 Å². The standard InChI is InChI=1S/C24H27FN4O2/c1-7-13(5)14(6)19(16(9-26)12(3)4)22(27)20-15(8-2)18(11-30)17-10-28-24(31)29-23(17)21(20)25/h7,10,27,30H,8,11H2,1-6H3,(H,28,29,31)/b13-7-,19-14-,27-22?. The Balaban J connectivity index is 3.09. The number of aliphatic hydroxyl groups excluding tert-OH is 1. The van der Waals surface area contributed by atoms with E-state index >= 15 is 4.39 Å². The third kappa shape index (κ3) is 4.25. The molecule has 3 N–H and O–H groups in total. The van der Waals surface area contributed by atoms with Gasteiger partial charge >= 0.3 is 5.69 Å². The van der Waals surface area contributed by atoms with Gasteiger partial charge in [0, 0.05) is 22.7 Å². The Morgan fingerprint density at radius 3 is 2.45 bits per heavy atom. The van der Waals surface area contributed by atoms with Crippen molar-refractivity contribution in [1.29, 1.82) is 10.7 Å². The zero-order valence-electron chi connectivity index (χ0n) is 18.7. The molecule has 1 aromatic heterocycles. The molecule has 0 amide bonds. The van der Waals surface area contributed by atoms with Crippen LogP contribution in [0.5, 0.6) is 0 Å². The predicted octanol–water partition coefficient (Wildman–Crippen LogP) is 4.63. The van der Waals surface area contributed by atoms with E-state index in [0.717, 1.165) is 5.57 Å². The first-order valence-electron chi connectivity index (χ1n) is 9.98. The Hall–Kier alpha value is -3.37. The van der Waals surface area contributed by atoms with E-state index in [1.165, 1.54) is 6.20 Å². The molecule has 0 unspecified atom stereocenters. The van der Waals surface area contributed by atoms with Gasteiger partial charge in [0.05, 0.1) is 29.5 Å². The van der Waals surface area contributed by atoms with E-state index in [1.807, 2.05) is 19.9 Å². The van der Waals surface area contributed by atoms with Crippen LogP contribution in [0.1, 0.15) is 58.2 Å². The van der Waals surface area contributed by atoms with Gasteiger partial charge in [-0.2, -0.15) is 5.26 Å². The highest BCUT2D eigenvalue weighted by molar-refractivity contribution is 6.17. The maximum Gasteiger partial charge on any atom is 0.345 e. The molecule has 0 saturated carbocycles. The predicted molar refractivity (Wildman–Crippen MR) is 121 cm³/mol. The summed E-state index contributed by atoms with van der Waals surface area (Å²) in [4.78, 5) is 17.8. The summed E-state index contributed by atoms with van der Waals surface area (Å²) in [5.74, 6) is -0.775. The van der Waals surface area contributed by atoms with Crippen molar-refractivity contribution in [3.63, 3.8) is 0 Å². The second-order valence-electron chi connectivity index (χ2n) is 7.47. The summed E-state index contributed by atoms with van der Waals surface area (Å²) in [6.45, 7) is 10.4. The zero-order chi connectivity index (χ0) is 23.5. The molecule has 6 nitrogen and oxygen atoms in total. The summed E-state index contributed by atoms with van der Waals surface area (Å²) < 4.78 is 15.8. The molecule has 0 fully saturated rings. The number of fused-ring (bicyclic) bond motifs is 1. The summed E-state index contributed by atoms with van der Waals surface area (Å²) in [6.07, 6.45) is 3.44. The maximum atomic E-state index is 15.8. The molecule has 0 bridgehead atoms. The van der Waals surface area contributed by atoms with Gasteiger partial charge in [-0.1, -0.05) is 24.1 Å². The molecule has 2 rings (SSSR count). The summed E-state index contributed by atoms with van der Waals surface area (Å²) in [5.41, 5.74) is 2.66. The van der Waals surface area contributed by atoms with E-state index in [1.54, 1.807) is 27.7 Å². The monoisotopic (exact) mass is 422 g/mol. The second kappa shape index (κ2) is 9.63. The van der Waals surface area contributed by atoms with E-state index in [0.29, 0.717) is 45.2 Å². The third-order valence-corrected chi connectivity index (χ3v) is 5.52. The van der Waals surface area contributed by atoms with Gasteiger partial charge in [0.25, 0.3) is 0 Å². The van der Waals surface area contributed by atoms with Crippen LogP contribution in [0, 0.1) is 22.6 Å². The minimum absolute atomic E-state index is 0.0341. The number of aromatic amines is 1. The number of nitriles is 1. The minimum atomic E-state index is -0.775. The number of benzene rings is 1. The quantitative estimate of drug-likeness (QED) is 0.358. The Morgan fingerprint density at radius 1 is 1.32 bits per heavy atom. The van der Waals surface area contributed by atoms with Crippen molar-refractivity contribution >= 4 is 16.6 Å². The number of halogens is 1. The van der Waals surface area contributed by atoms with Gasteiger partial charge in [-0.05, 0) is 57.7 Å². The maximum absolute atomic E-state index is 15.8. The number of hydrogen-bond donors (Lipinski definition) is 3. The molecule has 0 aliphatic heterocycles. The van der Waals surface area contributed by atoms with Crippen LogP contribution in [-0.2, 0) is 13.0 Å². The van der Waals surface area contributed by atoms with Crippen molar-refractivity contribution in [2.45, 2.75) is 54.6 Å². The lowest BCUT2D eigenvalue weighted by Gasteiger charge is -2.21. The molecular weight excluding hydrogens is 395 g/mol. The lowest BCUT2D eigenvalue weighted by molar-refractivity contribution is 0.282. The Bertz CT molecular complexity index is 1250. The van der Waals surface area contributed by atoms with E-state index < -0.39 is 18.1 Å². The molecule has 0 atom stereocenters. The molecule has 0 aliphatic carbocycles. The third-order valence-electron chi connectivity index (χ3n) is 5.52. The topological polar surface area (TPSA) is 114 Å². The number of nitrogens with zero attached hydrogens (tertiary/aromatic N) is 2. The Labute approximate surface area is 181 Å². The SMILES string of the molecule is C/C=C(C)\C(C)=C(/C(=N)c1c(CC)c(CO)c2cnc(=O)[nH]c2c1F)C(C#N)=C(C)C. The average molecular weight is 423 g/mol. The first kappa shape index (κ1) is 23.9. The number of aromatic nitrogens is 2. The van der Waals surface area contributed by atoms with Crippen molar-refractivity contribution in [2.75, 3.05) is 0 Å². The molecular formula is C24H27FN4O2. The van der Waals surface area contributed by atoms with E-state index in [9.17, 15) is 15.2 Å². The van der Waals surface area contributed by atoms with Gasteiger partial charge in [0.1, 0.15) is 0 Å². The first-order valence-corrected chi connectivity index (χ1v) is 9.98. The van der Waals surface area contributed by atoms with Crippen LogP contribution < -0.4 is 5.69 Å². The van der Waals surface area contributed by atoms with Gasteiger partial charge in [-0.3, -0.25) is 5.41 Å². The van der Waals surface area contributed by atoms with Gasteiger partial charge < -0.3 is 10.1 Å². The smallest absolute Gasteiger partial charge is 0.345 e. The molecule has 0 spiro atoms. The van der Waals surface area contributed by atoms with Crippen LogP contribution in [-0.4, -0.2) is 20.8 Å². The highest BCUT2D eigenvalue weighted by Gasteiger charge is 2.27. The van der Waals surface area contributed by atoms with Gasteiger partial charge in [-0.15, -0.1) is 0 Å². The average Bonchev–Trinajstić information content (AvgIpc) is 2.75. The molecule has 0 radical (unpaired) electrons. The molecule has 1 heterocycles. The second-order valence-corrected chi connectivity index (χ2v) is 7.47. The van der Waals surface area contributed by atoms with Crippen molar-refractivity contribution in [3.05, 3.63) is 73.1 Å². The molecule has 31 heavy (non-hydrogen) atoms. The van der Waals surface area contributed by atoms with Crippen LogP contribution in [0.25, 0.3) is 10.9 Å². The van der Waals surface area contributed by atoms with Gasteiger partial charge in [0.2, 0.25) is 0 Å². The normalized spacial score (nSPS) is 12.4. The van der Waals surface area contributed by atoms with Crippen LogP contribution in [0.15, 0.2) is 44.9 Å². The van der Waals surface area contributed by atoms with Crippen LogP contribution in [0.2, 0.25) is 0 Å². The molecule has 162 valence electrons. The van der Waals surface area contributed by atoms with Crippen molar-refractivity contribution in [2.24, 2.45) is 0 Å². The van der Waals surface area contributed by atoms with Gasteiger partial charge in [-0.25, -0.2) is 14.2 Å². The number of rotatable bonds is 6. The fourth-order valence-electron chi connectivity index (χ4n) is 3.65. The number of hydrogen-bond acceptors (Lipinski definition) is 5. The summed E-state index contributed by atoms with van der Waals surface area (Å²) in [7, 11) is 0. The molecule has 0 aliphatic rings. The van der Waals surface area contributed by atoms with Crippen LogP contribution in [0.3, 0.4) is 0 Å². The van der Waals surface area contributed by atoms with Gasteiger partial charge in [0.15, 0.2) is 5.82 Å². The molecule has 0 saturated heterocycles. The lowest BCUT2D eigenvalue weighted by Crippen LogP contribution is -2.18. The number of allylic oxidation sites excluding steroid dienone is 6. The largest absolute Gasteiger partial charge is 0.392 e. The fraction of sp³-hybridized carbons (Fsp3) is 0.333. The van der Waals surface area contributed by atoms with Crippen molar-refractivity contribution in [3.8, 4) is 6.07 Å². The highest BCUT2D eigenvalue weighted by Crippen LogP contribution is 2.33. The molecule has 7 heteroatoms. The minimum Gasteiger partial charge on any atom is -0.392 e. The van der Waals surface area contributed by atoms with Crippen LogP contribution in [0.4, 0.5) is 4.39 Å². The van der Waals surface area contributed by atoms with Crippen LogP contribution >= 0.6 is 0 Å². The van der Waals surface area contributed by atoms with E-state index in [2.05, 4.69) is 16.0 Å². The number of nitrogens with one attached hydrogen (secondary N) is 2. The Kier molecular flexibility index (Phi) is 7.42.